The van der Waals surface area contributed by atoms with Crippen LogP contribution in [0, 0.1) is 5.92 Å². The molecule has 1 atom stereocenters. The number of anilines is 1. The van der Waals surface area contributed by atoms with Gasteiger partial charge >= 0.3 is 5.97 Å². The van der Waals surface area contributed by atoms with E-state index < -0.39 is 5.97 Å². The van der Waals surface area contributed by atoms with E-state index in [1.165, 1.54) is 0 Å². The minimum Gasteiger partial charge on any atom is -0.481 e. The molecule has 1 unspecified atom stereocenters. The van der Waals surface area contributed by atoms with E-state index in [0.29, 0.717) is 27.9 Å². The number of aromatic nitrogens is 1. The second-order valence-electron chi connectivity index (χ2n) is 7.68. The average Bonchev–Trinajstić information content (AvgIpc) is 3.07. The number of carboxylic acids is 1. The van der Waals surface area contributed by atoms with Crippen molar-refractivity contribution in [3.8, 4) is 0 Å². The van der Waals surface area contributed by atoms with E-state index in [1.807, 2.05) is 11.6 Å². The van der Waals surface area contributed by atoms with Gasteiger partial charge in [-0.3, -0.25) is 19.1 Å². The lowest BCUT2D eigenvalue weighted by atomic mass is 10.0. The van der Waals surface area contributed by atoms with Crippen molar-refractivity contribution in [1.82, 2.24) is 9.29 Å². The number of hydrogen-bond donors (Lipinski definition) is 3. The van der Waals surface area contributed by atoms with E-state index in [2.05, 4.69) is 10.0 Å². The Balaban J connectivity index is 1.57. The Morgan fingerprint density at radius 2 is 1.84 bits per heavy atom. The van der Waals surface area contributed by atoms with E-state index in [9.17, 15) is 14.4 Å². The first kappa shape index (κ1) is 24.2. The lowest BCUT2D eigenvalue weighted by Crippen LogP contribution is -2.19. The molecule has 2 aromatic rings. The Morgan fingerprint density at radius 3 is 2.50 bits per heavy atom. The summed E-state index contributed by atoms with van der Waals surface area (Å²) in [4.78, 5) is 36.2. The third-order valence-corrected chi connectivity index (χ3v) is 6.84. The van der Waals surface area contributed by atoms with E-state index in [0.717, 1.165) is 34.5 Å². The summed E-state index contributed by atoms with van der Waals surface area (Å²) in [5.74, 6) is -1.66. The molecule has 0 saturated carbocycles. The van der Waals surface area contributed by atoms with Gasteiger partial charge in [0.15, 0.2) is 0 Å². The maximum Gasteiger partial charge on any atom is 0.303 e. The van der Waals surface area contributed by atoms with Gasteiger partial charge in [-0.05, 0) is 61.0 Å². The number of fused-ring (bicyclic) bond motifs is 1. The molecular formula is C22H23Cl2N3O4S. The second kappa shape index (κ2) is 10.5. The fourth-order valence-electron chi connectivity index (χ4n) is 3.48. The highest BCUT2D eigenvalue weighted by Gasteiger charge is 2.24. The molecule has 1 aliphatic carbocycles. The molecule has 1 aliphatic rings. The molecule has 0 spiro atoms. The monoisotopic (exact) mass is 495 g/mol. The van der Waals surface area contributed by atoms with Crippen LogP contribution >= 0.6 is 35.1 Å². The van der Waals surface area contributed by atoms with Gasteiger partial charge in [-0.1, -0.05) is 30.1 Å². The van der Waals surface area contributed by atoms with Gasteiger partial charge in [0.2, 0.25) is 5.91 Å². The SMILES string of the molecule is CC(CC(=O)O)CC(=O)NSc1ccc(NC(=O)c2cc3c(n2C)CCC(Cl)=C3Cl)cc1. The van der Waals surface area contributed by atoms with Crippen LogP contribution in [0.5, 0.6) is 0 Å². The van der Waals surface area contributed by atoms with Crippen molar-refractivity contribution in [3.63, 3.8) is 0 Å². The molecule has 170 valence electrons. The summed E-state index contributed by atoms with van der Waals surface area (Å²) in [6.45, 7) is 1.72. The minimum absolute atomic E-state index is 0.0495. The number of carboxylic acid groups (broad SMARTS) is 1. The molecule has 0 aliphatic heterocycles. The highest BCUT2D eigenvalue weighted by molar-refractivity contribution is 7.98. The molecule has 1 aromatic carbocycles. The molecule has 0 bridgehead atoms. The molecule has 0 radical (unpaired) electrons. The van der Waals surface area contributed by atoms with Crippen LogP contribution in [0.25, 0.3) is 5.03 Å². The molecule has 3 rings (SSSR count). The zero-order valence-electron chi connectivity index (χ0n) is 17.6. The number of benzene rings is 1. The van der Waals surface area contributed by atoms with Crippen molar-refractivity contribution in [2.45, 2.75) is 37.5 Å². The van der Waals surface area contributed by atoms with Crippen LogP contribution in [-0.2, 0) is 23.1 Å². The largest absolute Gasteiger partial charge is 0.481 e. The first-order chi connectivity index (χ1) is 15.2. The number of hydrogen-bond acceptors (Lipinski definition) is 4. The van der Waals surface area contributed by atoms with Gasteiger partial charge in [0.25, 0.3) is 5.91 Å². The predicted molar refractivity (Wildman–Crippen MR) is 127 cm³/mol. The number of carbonyl (C=O) groups is 3. The van der Waals surface area contributed by atoms with Crippen LogP contribution in [0.3, 0.4) is 0 Å². The summed E-state index contributed by atoms with van der Waals surface area (Å²) >= 11 is 13.6. The number of rotatable bonds is 8. The molecular weight excluding hydrogens is 473 g/mol. The van der Waals surface area contributed by atoms with E-state index >= 15 is 0 Å². The first-order valence-corrected chi connectivity index (χ1v) is 11.5. The van der Waals surface area contributed by atoms with Crippen molar-refractivity contribution in [2.24, 2.45) is 13.0 Å². The summed E-state index contributed by atoms with van der Waals surface area (Å²) < 4.78 is 4.53. The predicted octanol–water partition coefficient (Wildman–Crippen LogP) is 4.99. The van der Waals surface area contributed by atoms with Crippen LogP contribution in [0.1, 0.15) is 47.9 Å². The zero-order chi connectivity index (χ0) is 23.4. The summed E-state index contributed by atoms with van der Waals surface area (Å²) in [5, 5.41) is 12.7. The van der Waals surface area contributed by atoms with Crippen molar-refractivity contribution in [3.05, 3.63) is 52.3 Å². The summed E-state index contributed by atoms with van der Waals surface area (Å²) in [6, 6.07) is 8.78. The Kier molecular flexibility index (Phi) is 7.92. The fraction of sp³-hybridized carbons (Fsp3) is 0.318. The number of allylic oxidation sites excluding steroid dienone is 1. The molecule has 32 heavy (non-hydrogen) atoms. The number of nitrogens with one attached hydrogen (secondary N) is 2. The van der Waals surface area contributed by atoms with Gasteiger partial charge in [0.1, 0.15) is 5.69 Å². The van der Waals surface area contributed by atoms with Crippen molar-refractivity contribution in [2.75, 3.05) is 5.32 Å². The third kappa shape index (κ3) is 5.88. The third-order valence-electron chi connectivity index (χ3n) is 5.10. The standard InChI is InChI=1S/C22H23Cl2N3O4S/c1-12(10-20(29)30)9-19(28)26-32-14-5-3-13(4-6-14)25-22(31)18-11-15-17(27(18)2)8-7-16(23)21(15)24/h3-6,11-12H,7-10H2,1-2H3,(H,25,31)(H,26,28)(H,29,30). The number of amides is 2. The molecule has 0 saturated heterocycles. The normalized spacial score (nSPS) is 14.0. The molecule has 1 aromatic heterocycles. The lowest BCUT2D eigenvalue weighted by molar-refractivity contribution is -0.138. The smallest absolute Gasteiger partial charge is 0.303 e. The van der Waals surface area contributed by atoms with Crippen LogP contribution in [-0.4, -0.2) is 27.5 Å². The van der Waals surface area contributed by atoms with Crippen molar-refractivity contribution < 1.29 is 19.5 Å². The maximum atomic E-state index is 12.8. The van der Waals surface area contributed by atoms with Gasteiger partial charge in [-0.2, -0.15) is 0 Å². The Hall–Kier alpha value is -2.42. The van der Waals surface area contributed by atoms with E-state index in [-0.39, 0.29) is 30.6 Å². The molecule has 10 heteroatoms. The average molecular weight is 496 g/mol. The number of aliphatic carboxylic acids is 1. The number of carbonyl (C=O) groups excluding carboxylic acids is 2. The summed E-state index contributed by atoms with van der Waals surface area (Å²) in [5.41, 5.74) is 2.86. The van der Waals surface area contributed by atoms with E-state index in [4.69, 9.17) is 28.3 Å². The van der Waals surface area contributed by atoms with Gasteiger partial charge in [0, 0.05) is 46.8 Å². The minimum atomic E-state index is -0.922. The van der Waals surface area contributed by atoms with Crippen molar-refractivity contribution in [1.29, 1.82) is 0 Å². The van der Waals surface area contributed by atoms with Crippen LogP contribution in [0.2, 0.25) is 0 Å². The molecule has 3 N–H and O–H groups in total. The molecule has 2 amide bonds. The molecule has 1 heterocycles. The maximum absolute atomic E-state index is 12.8. The second-order valence-corrected chi connectivity index (χ2v) is 9.39. The summed E-state index contributed by atoms with van der Waals surface area (Å²) in [6.07, 6.45) is 1.46. The Bertz CT molecular complexity index is 1080. The molecule has 0 fully saturated rings. The van der Waals surface area contributed by atoms with Crippen LogP contribution < -0.4 is 10.0 Å². The van der Waals surface area contributed by atoms with Gasteiger partial charge in [-0.25, -0.2) is 0 Å². The van der Waals surface area contributed by atoms with Crippen LogP contribution in [0.15, 0.2) is 40.3 Å². The van der Waals surface area contributed by atoms with Crippen LogP contribution in [0.4, 0.5) is 5.69 Å². The quantitative estimate of drug-likeness (QED) is 0.447. The van der Waals surface area contributed by atoms with Crippen molar-refractivity contribution >= 4 is 63.7 Å². The lowest BCUT2D eigenvalue weighted by Gasteiger charge is -2.14. The number of nitrogens with zero attached hydrogens (tertiary/aromatic N) is 1. The van der Waals surface area contributed by atoms with E-state index in [1.54, 1.807) is 37.3 Å². The first-order valence-electron chi connectivity index (χ1n) is 9.97. The Morgan fingerprint density at radius 1 is 1.16 bits per heavy atom. The Labute approximate surface area is 200 Å². The highest BCUT2D eigenvalue weighted by Crippen LogP contribution is 2.37. The number of halogens is 2. The topological polar surface area (TPSA) is 100 Å². The van der Waals surface area contributed by atoms with Gasteiger partial charge in [-0.15, -0.1) is 0 Å². The summed E-state index contributed by atoms with van der Waals surface area (Å²) in [7, 11) is 1.83. The fourth-order valence-corrected chi connectivity index (χ4v) is 4.52. The van der Waals surface area contributed by atoms with Gasteiger partial charge in [0.05, 0.1) is 5.03 Å². The zero-order valence-corrected chi connectivity index (χ0v) is 19.9. The van der Waals surface area contributed by atoms with Gasteiger partial charge < -0.3 is 15.0 Å². The highest BCUT2D eigenvalue weighted by atomic mass is 35.5. The molecule has 7 nitrogen and oxygen atoms in total.